The molecule has 0 unspecified atom stereocenters. The molecule has 2 heterocycles. The van der Waals surface area contributed by atoms with E-state index >= 15 is 0 Å². The lowest BCUT2D eigenvalue weighted by Crippen LogP contribution is -2.46. The Balaban J connectivity index is 1.40. The average molecular weight is 372 g/mol. The summed E-state index contributed by atoms with van der Waals surface area (Å²) in [5.74, 6) is 0.833. The highest BCUT2D eigenvalue weighted by Crippen LogP contribution is 2.23. The minimum atomic E-state index is -3.43. The number of piperazine rings is 1. The molecule has 2 aliphatic rings. The van der Waals surface area contributed by atoms with Crippen LogP contribution in [-0.2, 0) is 10.0 Å². The van der Waals surface area contributed by atoms with Crippen molar-refractivity contribution in [1.29, 1.82) is 0 Å². The molecule has 0 spiro atoms. The van der Waals surface area contributed by atoms with Crippen LogP contribution in [0.1, 0.15) is 18.4 Å². The minimum absolute atomic E-state index is 0.106. The van der Waals surface area contributed by atoms with Crippen LogP contribution in [0, 0.1) is 6.92 Å². The number of hydrogen-bond acceptors (Lipinski definition) is 5. The first-order valence-corrected chi connectivity index (χ1v) is 10.5. The van der Waals surface area contributed by atoms with Gasteiger partial charge in [-0.3, -0.25) is 0 Å². The van der Waals surface area contributed by atoms with E-state index in [1.165, 1.54) is 17.4 Å². The van der Waals surface area contributed by atoms with Gasteiger partial charge in [-0.15, -0.1) is 0 Å². The van der Waals surface area contributed by atoms with E-state index in [-0.39, 0.29) is 10.9 Å². The third-order valence-corrected chi connectivity index (χ3v) is 6.41. The zero-order valence-electron chi connectivity index (χ0n) is 14.9. The smallest absolute Gasteiger partial charge is 0.242 e. The molecule has 1 aliphatic heterocycles. The maximum absolute atomic E-state index is 12.2. The van der Waals surface area contributed by atoms with Crippen molar-refractivity contribution in [3.8, 4) is 0 Å². The summed E-state index contributed by atoms with van der Waals surface area (Å²) in [6, 6.07) is 12.1. The zero-order valence-corrected chi connectivity index (χ0v) is 15.7. The van der Waals surface area contributed by atoms with Crippen LogP contribution in [0.15, 0.2) is 47.5 Å². The topological polar surface area (TPSA) is 65.5 Å². The molecule has 1 N–H and O–H groups in total. The first-order valence-electron chi connectivity index (χ1n) is 9.06. The van der Waals surface area contributed by atoms with E-state index in [1.807, 2.05) is 6.07 Å². The third-order valence-electron chi connectivity index (χ3n) is 4.90. The Hall–Kier alpha value is -2.12. The lowest BCUT2D eigenvalue weighted by Gasteiger charge is -2.36. The minimum Gasteiger partial charge on any atom is -0.368 e. The number of pyridine rings is 1. The van der Waals surface area contributed by atoms with Crippen molar-refractivity contribution in [3.63, 3.8) is 0 Å². The highest BCUT2D eigenvalue weighted by molar-refractivity contribution is 7.89. The molecule has 0 radical (unpaired) electrons. The highest BCUT2D eigenvalue weighted by atomic mass is 32.2. The molecule has 26 heavy (non-hydrogen) atoms. The molecule has 138 valence electrons. The predicted molar refractivity (Wildman–Crippen MR) is 103 cm³/mol. The van der Waals surface area contributed by atoms with Crippen molar-refractivity contribution in [2.24, 2.45) is 0 Å². The van der Waals surface area contributed by atoms with Gasteiger partial charge in [-0.2, -0.15) is 0 Å². The van der Waals surface area contributed by atoms with Crippen molar-refractivity contribution in [1.82, 2.24) is 9.71 Å². The monoisotopic (exact) mass is 372 g/mol. The van der Waals surface area contributed by atoms with Gasteiger partial charge in [0.15, 0.2) is 0 Å². The molecule has 1 aromatic heterocycles. The van der Waals surface area contributed by atoms with Crippen molar-refractivity contribution >= 4 is 21.5 Å². The summed E-state index contributed by atoms with van der Waals surface area (Å²) in [4.78, 5) is 9.22. The molecule has 4 rings (SSSR count). The molecule has 2 aromatic rings. The van der Waals surface area contributed by atoms with Crippen LogP contribution in [0.3, 0.4) is 0 Å². The van der Waals surface area contributed by atoms with Crippen LogP contribution in [0.5, 0.6) is 0 Å². The maximum atomic E-state index is 12.2. The summed E-state index contributed by atoms with van der Waals surface area (Å²) in [5.41, 5.74) is 2.52. The molecular formula is C19H24N4O2S. The molecule has 0 bridgehead atoms. The predicted octanol–water partition coefficient (Wildman–Crippen LogP) is 2.16. The van der Waals surface area contributed by atoms with Crippen molar-refractivity contribution < 1.29 is 8.42 Å². The fourth-order valence-electron chi connectivity index (χ4n) is 3.23. The van der Waals surface area contributed by atoms with E-state index < -0.39 is 10.0 Å². The Bertz CT molecular complexity index is 871. The van der Waals surface area contributed by atoms with Gasteiger partial charge in [0.2, 0.25) is 10.0 Å². The Morgan fingerprint density at radius 3 is 2.38 bits per heavy atom. The molecular weight excluding hydrogens is 348 g/mol. The number of anilines is 2. The Morgan fingerprint density at radius 1 is 1.04 bits per heavy atom. The fourth-order valence-corrected chi connectivity index (χ4v) is 4.47. The summed E-state index contributed by atoms with van der Waals surface area (Å²) < 4.78 is 27.1. The van der Waals surface area contributed by atoms with Crippen LogP contribution in [0.4, 0.5) is 11.5 Å². The van der Waals surface area contributed by atoms with Crippen LogP contribution in [0.2, 0.25) is 0 Å². The van der Waals surface area contributed by atoms with Gasteiger partial charge >= 0.3 is 0 Å². The third kappa shape index (κ3) is 3.83. The molecule has 6 nitrogen and oxygen atoms in total. The summed E-state index contributed by atoms with van der Waals surface area (Å²) in [6.45, 7) is 5.70. The number of nitrogens with zero attached hydrogens (tertiary/aromatic N) is 3. The number of nitrogens with one attached hydrogen (secondary N) is 1. The molecule has 7 heteroatoms. The fraction of sp³-hybridized carbons (Fsp3) is 0.421. The van der Waals surface area contributed by atoms with Crippen molar-refractivity contribution in [2.75, 3.05) is 36.0 Å². The van der Waals surface area contributed by atoms with Crippen LogP contribution in [-0.4, -0.2) is 45.6 Å². The van der Waals surface area contributed by atoms with Crippen LogP contribution >= 0.6 is 0 Å². The number of hydrogen-bond donors (Lipinski definition) is 1. The van der Waals surface area contributed by atoms with Gasteiger partial charge in [-0.1, -0.05) is 12.1 Å². The molecule has 2 fully saturated rings. The second kappa shape index (κ2) is 6.89. The summed E-state index contributed by atoms with van der Waals surface area (Å²) >= 11 is 0. The number of rotatable bonds is 5. The molecule has 1 saturated carbocycles. The van der Waals surface area contributed by atoms with E-state index in [2.05, 4.69) is 50.7 Å². The van der Waals surface area contributed by atoms with E-state index in [4.69, 9.17) is 0 Å². The maximum Gasteiger partial charge on any atom is 0.242 e. The quantitative estimate of drug-likeness (QED) is 0.871. The van der Waals surface area contributed by atoms with Crippen LogP contribution < -0.4 is 14.5 Å². The summed E-state index contributed by atoms with van der Waals surface area (Å²) in [7, 11) is -3.43. The average Bonchev–Trinajstić information content (AvgIpc) is 3.45. The van der Waals surface area contributed by atoms with Gasteiger partial charge in [-0.25, -0.2) is 18.1 Å². The summed E-state index contributed by atoms with van der Waals surface area (Å²) in [5, 5.41) is 0. The van der Waals surface area contributed by atoms with Gasteiger partial charge in [-0.05, 0) is 49.6 Å². The number of aryl methyl sites for hydroxylation is 1. The molecule has 1 aromatic carbocycles. The van der Waals surface area contributed by atoms with Crippen molar-refractivity contribution in [2.45, 2.75) is 30.7 Å². The highest BCUT2D eigenvalue weighted by Gasteiger charge is 2.28. The van der Waals surface area contributed by atoms with Gasteiger partial charge in [0.25, 0.3) is 0 Å². The Labute approximate surface area is 154 Å². The van der Waals surface area contributed by atoms with Crippen molar-refractivity contribution in [3.05, 3.63) is 48.2 Å². The number of aromatic nitrogens is 1. The number of benzene rings is 1. The van der Waals surface area contributed by atoms with E-state index in [9.17, 15) is 8.42 Å². The van der Waals surface area contributed by atoms with E-state index in [0.717, 1.165) is 44.8 Å². The molecule has 0 amide bonds. The van der Waals surface area contributed by atoms with Gasteiger partial charge < -0.3 is 9.80 Å². The lowest BCUT2D eigenvalue weighted by atomic mass is 10.2. The van der Waals surface area contributed by atoms with Gasteiger partial charge in [0.1, 0.15) is 10.7 Å². The largest absolute Gasteiger partial charge is 0.368 e. The SMILES string of the molecule is Cc1cccc(N2CCN(c3ccc(S(=O)(=O)NC4CC4)cn3)CC2)c1. The van der Waals surface area contributed by atoms with Gasteiger partial charge in [0.05, 0.1) is 0 Å². The Morgan fingerprint density at radius 2 is 1.77 bits per heavy atom. The van der Waals surface area contributed by atoms with Crippen LogP contribution in [0.25, 0.3) is 0 Å². The Kier molecular flexibility index (Phi) is 4.58. The van der Waals surface area contributed by atoms with E-state index in [0.29, 0.717) is 0 Å². The first kappa shape index (κ1) is 17.3. The second-order valence-corrected chi connectivity index (χ2v) is 8.77. The summed E-state index contributed by atoms with van der Waals surface area (Å²) in [6.07, 6.45) is 3.32. The molecule has 1 saturated heterocycles. The lowest BCUT2D eigenvalue weighted by molar-refractivity contribution is 0.580. The normalized spacial score (nSPS) is 18.2. The molecule has 1 aliphatic carbocycles. The molecule has 0 atom stereocenters. The zero-order chi connectivity index (χ0) is 18.1. The van der Waals surface area contributed by atoms with E-state index in [1.54, 1.807) is 6.07 Å². The standard InChI is InChI=1S/C19H24N4O2S/c1-15-3-2-4-17(13-15)22-9-11-23(12-10-22)19-8-7-18(14-20-19)26(24,25)21-16-5-6-16/h2-4,7-8,13-14,16,21H,5-6,9-12H2,1H3. The van der Waals surface area contributed by atoms with Gasteiger partial charge in [0, 0.05) is 44.1 Å². The second-order valence-electron chi connectivity index (χ2n) is 7.06. The number of sulfonamides is 1. The first-order chi connectivity index (χ1) is 12.5.